The molecule has 31 heavy (non-hydrogen) atoms. The van der Waals surface area contributed by atoms with Crippen molar-refractivity contribution in [2.45, 2.75) is 6.42 Å². The van der Waals surface area contributed by atoms with E-state index in [1.54, 1.807) is 18.3 Å². The van der Waals surface area contributed by atoms with E-state index in [4.69, 9.17) is 16.3 Å². The van der Waals surface area contributed by atoms with Gasteiger partial charge in [0, 0.05) is 28.5 Å². The quantitative estimate of drug-likeness (QED) is 0.441. The summed E-state index contributed by atoms with van der Waals surface area (Å²) in [5.74, 6) is -1.32. The molecule has 10 heteroatoms. The molecule has 0 radical (unpaired) electrons. The molecule has 158 valence electrons. The second-order valence-electron chi connectivity index (χ2n) is 6.54. The Kier molecular flexibility index (Phi) is 5.88. The molecule has 0 aliphatic carbocycles. The molecule has 0 saturated heterocycles. The first kappa shape index (κ1) is 20.8. The van der Waals surface area contributed by atoms with Crippen LogP contribution in [0.15, 0.2) is 54.2 Å². The van der Waals surface area contributed by atoms with Gasteiger partial charge in [-0.25, -0.2) is 9.37 Å². The number of anilines is 2. The first-order valence-corrected chi connectivity index (χ1v) is 10.3. The zero-order valence-corrected chi connectivity index (χ0v) is 17.8. The fourth-order valence-corrected chi connectivity index (χ4v) is 3.86. The van der Waals surface area contributed by atoms with Crippen molar-refractivity contribution < 1.29 is 18.7 Å². The summed E-state index contributed by atoms with van der Waals surface area (Å²) in [7, 11) is 1.44. The molecule has 2 N–H and O–H groups in total. The van der Waals surface area contributed by atoms with Gasteiger partial charge in [0.25, 0.3) is 5.91 Å². The lowest BCUT2D eigenvalue weighted by molar-refractivity contribution is -0.115. The first-order chi connectivity index (χ1) is 14.9. The Morgan fingerprint density at radius 3 is 2.81 bits per heavy atom. The number of amides is 2. The van der Waals surface area contributed by atoms with Crippen molar-refractivity contribution in [1.29, 1.82) is 0 Å². The molecule has 7 nitrogen and oxygen atoms in total. The molecule has 4 rings (SSSR count). The van der Waals surface area contributed by atoms with Gasteiger partial charge in [0.05, 0.1) is 30.5 Å². The standard InChI is InChI=1S/C21H16ClFN4O3S/c1-30-18-5-3-13(24-19(28)10-14-11-27-6-7-31-21(27)25-14)9-17(18)26-20(29)15-4-2-12(22)8-16(15)23/h2-9,11H,10H2,1H3,(H,24,28)(H,26,29). The second-order valence-corrected chi connectivity index (χ2v) is 7.85. The van der Waals surface area contributed by atoms with Crippen LogP contribution in [0.25, 0.3) is 4.96 Å². The van der Waals surface area contributed by atoms with Crippen LogP contribution in [0.2, 0.25) is 5.02 Å². The number of fused-ring (bicyclic) bond motifs is 1. The molecule has 2 aromatic heterocycles. The Bertz CT molecular complexity index is 1260. The van der Waals surface area contributed by atoms with Crippen LogP contribution in [0, 0.1) is 5.82 Å². The van der Waals surface area contributed by atoms with Gasteiger partial charge in [-0.2, -0.15) is 0 Å². The van der Waals surface area contributed by atoms with Gasteiger partial charge in [-0.1, -0.05) is 11.6 Å². The monoisotopic (exact) mass is 458 g/mol. The summed E-state index contributed by atoms with van der Waals surface area (Å²) in [6.45, 7) is 0. The Labute approximate surface area is 185 Å². The van der Waals surface area contributed by atoms with Crippen LogP contribution in [0.5, 0.6) is 5.75 Å². The number of imidazole rings is 1. The smallest absolute Gasteiger partial charge is 0.258 e. The number of nitrogens with one attached hydrogen (secondary N) is 2. The lowest BCUT2D eigenvalue weighted by Gasteiger charge is -2.13. The fraction of sp³-hybridized carbons (Fsp3) is 0.0952. The van der Waals surface area contributed by atoms with Crippen molar-refractivity contribution >= 4 is 51.1 Å². The SMILES string of the molecule is COc1ccc(NC(=O)Cc2cn3ccsc3n2)cc1NC(=O)c1ccc(Cl)cc1F. The maximum absolute atomic E-state index is 14.1. The van der Waals surface area contributed by atoms with E-state index in [2.05, 4.69) is 15.6 Å². The maximum Gasteiger partial charge on any atom is 0.258 e. The summed E-state index contributed by atoms with van der Waals surface area (Å²) in [4.78, 5) is 30.1. The van der Waals surface area contributed by atoms with Crippen molar-refractivity contribution in [3.8, 4) is 5.75 Å². The number of ether oxygens (including phenoxy) is 1. The van der Waals surface area contributed by atoms with E-state index in [1.807, 2.05) is 16.0 Å². The van der Waals surface area contributed by atoms with Crippen LogP contribution < -0.4 is 15.4 Å². The molecule has 0 aliphatic rings. The van der Waals surface area contributed by atoms with Gasteiger partial charge >= 0.3 is 0 Å². The maximum atomic E-state index is 14.1. The summed E-state index contributed by atoms with van der Waals surface area (Å²) in [6.07, 6.45) is 3.76. The largest absolute Gasteiger partial charge is 0.495 e. The molecule has 0 atom stereocenters. The normalized spacial score (nSPS) is 10.8. The van der Waals surface area contributed by atoms with Gasteiger partial charge in [-0.15, -0.1) is 11.3 Å². The highest BCUT2D eigenvalue weighted by Gasteiger charge is 2.16. The van der Waals surface area contributed by atoms with E-state index in [0.717, 1.165) is 11.0 Å². The van der Waals surface area contributed by atoms with E-state index in [1.165, 1.54) is 36.6 Å². The van der Waals surface area contributed by atoms with Crippen LogP contribution in [-0.2, 0) is 11.2 Å². The molecule has 2 aromatic carbocycles. The Morgan fingerprint density at radius 1 is 1.23 bits per heavy atom. The highest BCUT2D eigenvalue weighted by Crippen LogP contribution is 2.29. The fourth-order valence-electron chi connectivity index (χ4n) is 2.98. The number of hydrogen-bond acceptors (Lipinski definition) is 5. The number of hydrogen-bond donors (Lipinski definition) is 2. The number of carbonyl (C=O) groups excluding carboxylic acids is 2. The van der Waals surface area contributed by atoms with Crippen molar-refractivity contribution in [2.75, 3.05) is 17.7 Å². The lowest BCUT2D eigenvalue weighted by atomic mass is 10.2. The summed E-state index contributed by atoms with van der Waals surface area (Å²) in [6, 6.07) is 8.55. The van der Waals surface area contributed by atoms with Gasteiger partial charge in [-0.05, 0) is 36.4 Å². The minimum absolute atomic E-state index is 0.0953. The van der Waals surface area contributed by atoms with Crippen molar-refractivity contribution in [2.24, 2.45) is 0 Å². The van der Waals surface area contributed by atoms with Gasteiger partial charge < -0.3 is 15.4 Å². The number of thiazole rings is 1. The van der Waals surface area contributed by atoms with E-state index in [-0.39, 0.29) is 28.6 Å². The van der Waals surface area contributed by atoms with Gasteiger partial charge in [0.15, 0.2) is 4.96 Å². The number of carbonyl (C=O) groups is 2. The molecule has 2 heterocycles. The number of halogens is 2. The van der Waals surface area contributed by atoms with Crippen LogP contribution >= 0.6 is 22.9 Å². The minimum Gasteiger partial charge on any atom is -0.495 e. The number of nitrogens with zero attached hydrogens (tertiary/aromatic N) is 2. The van der Waals surface area contributed by atoms with Gasteiger partial charge in [0.1, 0.15) is 11.6 Å². The molecule has 0 fully saturated rings. The molecule has 0 saturated carbocycles. The van der Waals surface area contributed by atoms with E-state index in [9.17, 15) is 14.0 Å². The first-order valence-electron chi connectivity index (χ1n) is 9.08. The molecular formula is C21H16ClFN4O3S. The predicted molar refractivity (Wildman–Crippen MR) is 118 cm³/mol. The highest BCUT2D eigenvalue weighted by atomic mass is 35.5. The van der Waals surface area contributed by atoms with E-state index >= 15 is 0 Å². The van der Waals surface area contributed by atoms with Gasteiger partial charge in [-0.3, -0.25) is 14.0 Å². The van der Waals surface area contributed by atoms with E-state index in [0.29, 0.717) is 17.1 Å². The average molecular weight is 459 g/mol. The summed E-state index contributed by atoms with van der Waals surface area (Å²) < 4.78 is 21.2. The average Bonchev–Trinajstić information content (AvgIpc) is 3.29. The molecule has 4 aromatic rings. The molecular weight excluding hydrogens is 443 g/mol. The molecule has 0 spiro atoms. The van der Waals surface area contributed by atoms with Crippen LogP contribution in [0.1, 0.15) is 16.1 Å². The zero-order valence-electron chi connectivity index (χ0n) is 16.2. The second kappa shape index (κ2) is 8.75. The third kappa shape index (κ3) is 4.68. The van der Waals surface area contributed by atoms with Crippen LogP contribution in [0.3, 0.4) is 0 Å². The van der Waals surface area contributed by atoms with Crippen molar-refractivity contribution in [1.82, 2.24) is 9.38 Å². The minimum atomic E-state index is -0.742. The molecule has 2 amide bonds. The Morgan fingerprint density at radius 2 is 2.06 bits per heavy atom. The number of rotatable bonds is 6. The summed E-state index contributed by atoms with van der Waals surface area (Å²) in [5.41, 5.74) is 1.20. The topological polar surface area (TPSA) is 84.7 Å². The summed E-state index contributed by atoms with van der Waals surface area (Å²) >= 11 is 7.22. The number of benzene rings is 2. The lowest BCUT2D eigenvalue weighted by Crippen LogP contribution is -2.16. The van der Waals surface area contributed by atoms with Crippen LogP contribution in [-0.4, -0.2) is 28.3 Å². The molecule has 0 bridgehead atoms. The van der Waals surface area contributed by atoms with Crippen LogP contribution in [0.4, 0.5) is 15.8 Å². The zero-order chi connectivity index (χ0) is 22.0. The van der Waals surface area contributed by atoms with E-state index < -0.39 is 11.7 Å². The molecule has 0 aliphatic heterocycles. The Balaban J connectivity index is 1.49. The highest BCUT2D eigenvalue weighted by molar-refractivity contribution is 7.15. The summed E-state index contributed by atoms with van der Waals surface area (Å²) in [5, 5.41) is 7.47. The third-order valence-electron chi connectivity index (χ3n) is 4.39. The molecule has 0 unspecified atom stereocenters. The van der Waals surface area contributed by atoms with Gasteiger partial charge in [0.2, 0.25) is 5.91 Å². The van der Waals surface area contributed by atoms with Crippen molar-refractivity contribution in [3.05, 3.63) is 76.3 Å². The van der Waals surface area contributed by atoms with Crippen molar-refractivity contribution in [3.63, 3.8) is 0 Å². The third-order valence-corrected chi connectivity index (χ3v) is 5.40. The number of aromatic nitrogens is 2. The predicted octanol–water partition coefficient (Wildman–Crippen LogP) is 4.63. The number of methoxy groups -OCH3 is 1. The Hall–Kier alpha value is -3.43.